The fourth-order valence-electron chi connectivity index (χ4n) is 3.58. The number of halogens is 1. The summed E-state index contributed by atoms with van der Waals surface area (Å²) in [5.74, 6) is -0.146. The number of hydrogen-bond acceptors (Lipinski definition) is 1. The minimum atomic E-state index is -0.146. The Morgan fingerprint density at radius 2 is 2.00 bits per heavy atom. The van der Waals surface area contributed by atoms with Crippen molar-refractivity contribution >= 4 is 0 Å². The van der Waals surface area contributed by atoms with Crippen LogP contribution < -0.4 is 5.73 Å². The van der Waals surface area contributed by atoms with Gasteiger partial charge in [-0.2, -0.15) is 0 Å². The molecule has 0 bridgehead atoms. The van der Waals surface area contributed by atoms with Gasteiger partial charge in [-0.1, -0.05) is 32.0 Å². The second-order valence-electron chi connectivity index (χ2n) is 6.97. The van der Waals surface area contributed by atoms with Gasteiger partial charge in [-0.25, -0.2) is 4.39 Å². The standard InChI is InChI=1S/C18H23FN2/c1-12(13-6-4-5-7-15(13)19)21-9-8-14-16(20)10-18(2,3)11-17(14)21/h4-9,12,16H,10-11,20H2,1-3H3. The average molecular weight is 286 g/mol. The Bertz CT molecular complexity index is 657. The summed E-state index contributed by atoms with van der Waals surface area (Å²) < 4.78 is 16.2. The molecule has 3 rings (SSSR count). The Hall–Kier alpha value is -1.61. The van der Waals surface area contributed by atoms with Gasteiger partial charge in [0.1, 0.15) is 5.82 Å². The third kappa shape index (κ3) is 2.51. The number of rotatable bonds is 2. The van der Waals surface area contributed by atoms with E-state index in [-0.39, 0.29) is 23.3 Å². The summed E-state index contributed by atoms with van der Waals surface area (Å²) in [6.45, 7) is 6.55. The van der Waals surface area contributed by atoms with E-state index in [2.05, 4.69) is 30.7 Å². The molecule has 1 aromatic carbocycles. The third-order valence-electron chi connectivity index (χ3n) is 4.65. The molecular formula is C18H23FN2. The molecule has 2 aromatic rings. The molecule has 0 saturated carbocycles. The molecule has 2 atom stereocenters. The first-order valence-corrected chi connectivity index (χ1v) is 7.59. The predicted molar refractivity (Wildman–Crippen MR) is 83.7 cm³/mol. The van der Waals surface area contributed by atoms with Crippen molar-refractivity contribution in [3.05, 3.63) is 59.2 Å². The van der Waals surface area contributed by atoms with Crippen LogP contribution in [0.3, 0.4) is 0 Å². The number of fused-ring (bicyclic) bond motifs is 1. The highest BCUT2D eigenvalue weighted by Gasteiger charge is 2.33. The Morgan fingerprint density at radius 1 is 1.29 bits per heavy atom. The van der Waals surface area contributed by atoms with Gasteiger partial charge >= 0.3 is 0 Å². The molecule has 2 N–H and O–H groups in total. The minimum Gasteiger partial charge on any atom is -0.344 e. The highest BCUT2D eigenvalue weighted by atomic mass is 19.1. The van der Waals surface area contributed by atoms with Gasteiger partial charge in [-0.05, 0) is 42.9 Å². The Labute approximate surface area is 125 Å². The molecule has 1 aliphatic rings. The SMILES string of the molecule is CC(c1ccccc1F)n1ccc2c1CC(C)(C)CC2N. The van der Waals surface area contributed by atoms with Crippen LogP contribution in [-0.4, -0.2) is 4.57 Å². The second kappa shape index (κ2) is 4.99. The van der Waals surface area contributed by atoms with E-state index >= 15 is 0 Å². The van der Waals surface area contributed by atoms with Crippen LogP contribution in [0.4, 0.5) is 4.39 Å². The van der Waals surface area contributed by atoms with Crippen molar-refractivity contribution in [3.63, 3.8) is 0 Å². The van der Waals surface area contributed by atoms with E-state index in [1.54, 1.807) is 6.07 Å². The van der Waals surface area contributed by atoms with Crippen molar-refractivity contribution < 1.29 is 4.39 Å². The first kappa shape index (κ1) is 14.3. The van der Waals surface area contributed by atoms with Gasteiger partial charge in [0.25, 0.3) is 0 Å². The van der Waals surface area contributed by atoms with Gasteiger partial charge in [0.15, 0.2) is 0 Å². The lowest BCUT2D eigenvalue weighted by atomic mass is 9.74. The minimum absolute atomic E-state index is 0.0175. The summed E-state index contributed by atoms with van der Waals surface area (Å²) in [7, 11) is 0. The highest BCUT2D eigenvalue weighted by Crippen LogP contribution is 2.41. The molecule has 2 nitrogen and oxygen atoms in total. The van der Waals surface area contributed by atoms with Gasteiger partial charge in [0, 0.05) is 23.5 Å². The lowest BCUT2D eigenvalue weighted by Gasteiger charge is -2.35. The molecule has 0 saturated heterocycles. The molecule has 0 aliphatic heterocycles. The summed E-state index contributed by atoms with van der Waals surface area (Å²) >= 11 is 0. The summed E-state index contributed by atoms with van der Waals surface area (Å²) in [5, 5.41) is 0. The van der Waals surface area contributed by atoms with Crippen molar-refractivity contribution in [1.29, 1.82) is 0 Å². The van der Waals surface area contributed by atoms with Crippen LogP contribution in [0, 0.1) is 11.2 Å². The third-order valence-corrected chi connectivity index (χ3v) is 4.65. The molecule has 2 unspecified atom stereocenters. The molecule has 112 valence electrons. The Balaban J connectivity index is 2.04. The van der Waals surface area contributed by atoms with Crippen LogP contribution in [-0.2, 0) is 6.42 Å². The largest absolute Gasteiger partial charge is 0.344 e. The van der Waals surface area contributed by atoms with E-state index in [0.717, 1.165) is 18.4 Å². The summed E-state index contributed by atoms with van der Waals surface area (Å²) in [6.07, 6.45) is 4.04. The first-order valence-electron chi connectivity index (χ1n) is 7.59. The fraction of sp³-hybridized carbons (Fsp3) is 0.444. The zero-order valence-electron chi connectivity index (χ0n) is 12.9. The topological polar surface area (TPSA) is 30.9 Å². The second-order valence-corrected chi connectivity index (χ2v) is 6.97. The molecule has 3 heteroatoms. The van der Waals surface area contributed by atoms with E-state index in [4.69, 9.17) is 5.73 Å². The summed E-state index contributed by atoms with van der Waals surface area (Å²) in [5.41, 5.74) is 9.72. The van der Waals surface area contributed by atoms with Gasteiger partial charge in [0.05, 0.1) is 6.04 Å². The molecule has 0 radical (unpaired) electrons. The van der Waals surface area contributed by atoms with E-state index < -0.39 is 0 Å². The molecule has 0 amide bonds. The maximum absolute atomic E-state index is 14.1. The lowest BCUT2D eigenvalue weighted by Crippen LogP contribution is -2.31. The van der Waals surface area contributed by atoms with E-state index in [1.807, 2.05) is 19.1 Å². The van der Waals surface area contributed by atoms with Gasteiger partial charge in [-0.3, -0.25) is 0 Å². The number of nitrogens with zero attached hydrogens (tertiary/aromatic N) is 1. The maximum Gasteiger partial charge on any atom is 0.128 e. The molecule has 21 heavy (non-hydrogen) atoms. The number of nitrogens with two attached hydrogens (primary N) is 1. The fourth-order valence-corrected chi connectivity index (χ4v) is 3.58. The van der Waals surface area contributed by atoms with Crippen molar-refractivity contribution in [2.45, 2.75) is 45.7 Å². The van der Waals surface area contributed by atoms with Gasteiger partial charge in [0.2, 0.25) is 0 Å². The number of aromatic nitrogens is 1. The number of benzene rings is 1. The first-order chi connectivity index (χ1) is 9.89. The van der Waals surface area contributed by atoms with Crippen molar-refractivity contribution in [2.75, 3.05) is 0 Å². The van der Waals surface area contributed by atoms with Crippen LogP contribution in [0.15, 0.2) is 36.5 Å². The van der Waals surface area contributed by atoms with E-state index in [9.17, 15) is 4.39 Å². The summed E-state index contributed by atoms with van der Waals surface area (Å²) in [4.78, 5) is 0. The lowest BCUT2D eigenvalue weighted by molar-refractivity contribution is 0.274. The van der Waals surface area contributed by atoms with Gasteiger partial charge < -0.3 is 10.3 Å². The van der Waals surface area contributed by atoms with Crippen LogP contribution in [0.1, 0.15) is 56.1 Å². The molecule has 1 heterocycles. The monoisotopic (exact) mass is 286 g/mol. The molecule has 0 spiro atoms. The maximum atomic E-state index is 14.1. The normalized spacial score (nSPS) is 21.9. The quantitative estimate of drug-likeness (QED) is 0.881. The van der Waals surface area contributed by atoms with Crippen LogP contribution in [0.2, 0.25) is 0 Å². The van der Waals surface area contributed by atoms with Crippen molar-refractivity contribution in [3.8, 4) is 0 Å². The smallest absolute Gasteiger partial charge is 0.128 e. The predicted octanol–water partition coefficient (Wildman–Crippen LogP) is 4.21. The van der Waals surface area contributed by atoms with Gasteiger partial charge in [-0.15, -0.1) is 0 Å². The van der Waals surface area contributed by atoms with E-state index in [1.165, 1.54) is 17.3 Å². The molecular weight excluding hydrogens is 263 g/mol. The zero-order chi connectivity index (χ0) is 15.2. The van der Waals surface area contributed by atoms with Crippen molar-refractivity contribution in [1.82, 2.24) is 4.57 Å². The summed E-state index contributed by atoms with van der Waals surface area (Å²) in [6, 6.07) is 9.18. The Kier molecular flexibility index (Phi) is 3.40. The van der Waals surface area contributed by atoms with E-state index in [0.29, 0.717) is 0 Å². The Morgan fingerprint density at radius 3 is 2.71 bits per heavy atom. The molecule has 1 aromatic heterocycles. The zero-order valence-corrected chi connectivity index (χ0v) is 12.9. The van der Waals surface area contributed by atoms with Crippen LogP contribution in [0.25, 0.3) is 0 Å². The average Bonchev–Trinajstić information content (AvgIpc) is 2.81. The number of hydrogen-bond donors (Lipinski definition) is 1. The highest BCUT2D eigenvalue weighted by molar-refractivity contribution is 5.33. The molecule has 1 aliphatic carbocycles. The van der Waals surface area contributed by atoms with Crippen LogP contribution in [0.5, 0.6) is 0 Å². The van der Waals surface area contributed by atoms with Crippen LogP contribution >= 0.6 is 0 Å². The molecule has 0 fully saturated rings. The van der Waals surface area contributed by atoms with Crippen molar-refractivity contribution in [2.24, 2.45) is 11.1 Å².